The fourth-order valence-electron chi connectivity index (χ4n) is 3.67. The lowest BCUT2D eigenvalue weighted by atomic mass is 10.1. The number of ether oxygens (including phenoxy) is 1. The number of amidine groups is 1. The number of benzene rings is 2. The number of thiophene rings is 1. The molecule has 0 aliphatic carbocycles. The van der Waals surface area contributed by atoms with Crippen LogP contribution in [0.4, 0.5) is 20.3 Å². The molecule has 2 heterocycles. The Kier molecular flexibility index (Phi) is 7.63. The number of hydrogen-bond donors (Lipinski definition) is 3. The van der Waals surface area contributed by atoms with Crippen molar-refractivity contribution in [2.45, 2.75) is 6.42 Å². The van der Waals surface area contributed by atoms with Crippen LogP contribution in [0.1, 0.15) is 12.0 Å². The van der Waals surface area contributed by atoms with Gasteiger partial charge in [0, 0.05) is 27.9 Å². The van der Waals surface area contributed by atoms with Crippen LogP contribution in [0, 0.1) is 11.6 Å². The van der Waals surface area contributed by atoms with Crippen LogP contribution in [0.2, 0.25) is 0 Å². The van der Waals surface area contributed by atoms with E-state index in [1.165, 1.54) is 12.1 Å². The summed E-state index contributed by atoms with van der Waals surface area (Å²) < 4.78 is 36.3. The van der Waals surface area contributed by atoms with Crippen molar-refractivity contribution >= 4 is 38.8 Å². The van der Waals surface area contributed by atoms with Crippen LogP contribution in [0.3, 0.4) is 0 Å². The maximum atomic E-state index is 15.0. The van der Waals surface area contributed by atoms with E-state index in [1.807, 2.05) is 49.3 Å². The minimum Gasteiger partial charge on any atom is -0.490 e. The number of hydrogen-bond acceptors (Lipinski definition) is 8. The van der Waals surface area contributed by atoms with Gasteiger partial charge in [0.05, 0.1) is 17.9 Å². The first-order valence-corrected chi connectivity index (χ1v) is 11.9. The van der Waals surface area contributed by atoms with Crippen molar-refractivity contribution in [1.82, 2.24) is 9.88 Å². The minimum atomic E-state index is -1.20. The lowest BCUT2D eigenvalue weighted by Crippen LogP contribution is -2.40. The summed E-state index contributed by atoms with van der Waals surface area (Å²) in [6, 6.07) is 14.3. The average molecular weight is 512 g/mol. The van der Waals surface area contributed by atoms with Crippen LogP contribution < -0.4 is 27.2 Å². The van der Waals surface area contributed by atoms with E-state index < -0.39 is 11.6 Å². The third-order valence-corrected chi connectivity index (χ3v) is 6.68. The molecule has 0 aliphatic heterocycles. The van der Waals surface area contributed by atoms with Gasteiger partial charge < -0.3 is 21.2 Å². The van der Waals surface area contributed by atoms with Crippen molar-refractivity contribution in [2.24, 2.45) is 16.8 Å². The number of hydrazone groups is 1. The Morgan fingerprint density at radius 3 is 2.61 bits per heavy atom. The monoisotopic (exact) mass is 511 g/mol. The molecule has 11 heteroatoms. The zero-order valence-corrected chi connectivity index (χ0v) is 20.7. The van der Waals surface area contributed by atoms with Gasteiger partial charge in [0.1, 0.15) is 5.82 Å². The second-order valence-corrected chi connectivity index (χ2v) is 9.43. The highest BCUT2D eigenvalue weighted by molar-refractivity contribution is 7.22. The summed E-state index contributed by atoms with van der Waals surface area (Å²) in [6.07, 6.45) is 2.28. The first-order valence-electron chi connectivity index (χ1n) is 11.1. The first-order chi connectivity index (χ1) is 17.3. The summed E-state index contributed by atoms with van der Waals surface area (Å²) in [5, 5.41) is 5.65. The topological polar surface area (TPSA) is 119 Å². The van der Waals surface area contributed by atoms with Gasteiger partial charge in [-0.15, -0.1) is 11.3 Å². The van der Waals surface area contributed by atoms with Crippen molar-refractivity contribution < 1.29 is 13.5 Å². The Bertz CT molecular complexity index is 1370. The molecule has 0 radical (unpaired) electrons. The number of nitrogens with two attached hydrogens (primary N) is 3. The fourth-order valence-corrected chi connectivity index (χ4v) is 4.71. The number of hydrazine groups is 1. The molecule has 0 amide bonds. The maximum absolute atomic E-state index is 15.0. The van der Waals surface area contributed by atoms with Crippen LogP contribution in [0.25, 0.3) is 20.5 Å². The number of pyridine rings is 1. The molecule has 4 rings (SSSR count). The van der Waals surface area contributed by atoms with E-state index in [2.05, 4.69) is 10.1 Å². The molecule has 2 aromatic heterocycles. The Hall–Kier alpha value is -3.80. The molecule has 4 aromatic rings. The lowest BCUT2D eigenvalue weighted by molar-refractivity contribution is 0.267. The normalized spacial score (nSPS) is 11.9. The van der Waals surface area contributed by atoms with Crippen LogP contribution in [-0.2, 0) is 0 Å². The molecule has 0 bridgehead atoms. The van der Waals surface area contributed by atoms with Gasteiger partial charge >= 0.3 is 0 Å². The highest BCUT2D eigenvalue weighted by Crippen LogP contribution is 2.35. The van der Waals surface area contributed by atoms with Gasteiger partial charge in [0.25, 0.3) is 0 Å². The average Bonchev–Trinajstić information content (AvgIpc) is 3.30. The quantitative estimate of drug-likeness (QED) is 0.107. The van der Waals surface area contributed by atoms with Gasteiger partial charge in [0.2, 0.25) is 5.82 Å². The molecule has 0 aliphatic rings. The summed E-state index contributed by atoms with van der Waals surface area (Å²) >= 11 is 1.58. The number of anilines is 2. The SMILES string of the molecule is CN(C)CCCOc1ccc(N(N)/C(=N\N)c2cc(-c3cc4ccccc4s3)cnc2N)c(F)c1F. The van der Waals surface area contributed by atoms with E-state index in [0.717, 1.165) is 32.1 Å². The van der Waals surface area contributed by atoms with E-state index in [-0.39, 0.29) is 35.3 Å². The predicted octanol–water partition coefficient (Wildman–Crippen LogP) is 4.15. The fraction of sp³-hybridized carbons (Fsp3) is 0.200. The van der Waals surface area contributed by atoms with Gasteiger partial charge in [-0.25, -0.2) is 15.2 Å². The van der Waals surface area contributed by atoms with Gasteiger partial charge in [0.15, 0.2) is 17.4 Å². The molecule has 36 heavy (non-hydrogen) atoms. The molecule has 2 aromatic carbocycles. The summed E-state index contributed by atoms with van der Waals surface area (Å²) in [4.78, 5) is 7.17. The Morgan fingerprint density at radius 1 is 1.11 bits per heavy atom. The van der Waals surface area contributed by atoms with Crippen LogP contribution in [0.5, 0.6) is 5.75 Å². The third kappa shape index (κ3) is 5.23. The van der Waals surface area contributed by atoms with E-state index >= 15 is 0 Å². The van der Waals surface area contributed by atoms with Crippen molar-refractivity contribution in [3.63, 3.8) is 0 Å². The Labute approximate surface area is 211 Å². The summed E-state index contributed by atoms with van der Waals surface area (Å²) in [5.74, 6) is 9.23. The van der Waals surface area contributed by atoms with Crippen molar-refractivity contribution in [3.05, 3.63) is 71.9 Å². The van der Waals surface area contributed by atoms with Gasteiger partial charge in [-0.3, -0.25) is 5.01 Å². The van der Waals surface area contributed by atoms with Gasteiger partial charge in [-0.1, -0.05) is 18.2 Å². The number of rotatable bonds is 8. The third-order valence-electron chi connectivity index (χ3n) is 5.51. The zero-order valence-electron chi connectivity index (χ0n) is 19.9. The summed E-state index contributed by atoms with van der Waals surface area (Å²) in [6.45, 7) is 0.994. The molecule has 0 unspecified atom stereocenters. The lowest BCUT2D eigenvalue weighted by Gasteiger charge is -2.22. The molecule has 0 fully saturated rings. The largest absolute Gasteiger partial charge is 0.490 e. The van der Waals surface area contributed by atoms with E-state index in [9.17, 15) is 8.78 Å². The van der Waals surface area contributed by atoms with E-state index in [1.54, 1.807) is 23.6 Å². The van der Waals surface area contributed by atoms with Gasteiger partial charge in [-0.2, -0.15) is 9.49 Å². The Morgan fingerprint density at radius 2 is 1.89 bits per heavy atom. The second kappa shape index (κ2) is 10.9. The standard InChI is InChI=1S/C25H27F2N7OS/c1-33(2)10-5-11-35-19-9-8-18(22(26)23(19)27)34(30)25(32-29)17-12-16(14-31-24(17)28)21-13-15-6-3-4-7-20(15)36-21/h3-4,6-9,12-14H,5,10-11,29-30H2,1-2H3,(H2,28,31)/b32-25-. The molecule has 0 spiro atoms. The molecular weight excluding hydrogens is 484 g/mol. The molecular formula is C25H27F2N7OS. The summed E-state index contributed by atoms with van der Waals surface area (Å²) in [5.41, 5.74) is 6.84. The maximum Gasteiger partial charge on any atom is 0.202 e. The number of fused-ring (bicyclic) bond motifs is 1. The Balaban J connectivity index is 1.62. The molecule has 8 nitrogen and oxygen atoms in total. The molecule has 0 saturated carbocycles. The first kappa shape index (κ1) is 25.3. The number of halogens is 2. The smallest absolute Gasteiger partial charge is 0.202 e. The van der Waals surface area contributed by atoms with Crippen LogP contribution in [-0.4, -0.2) is 43.0 Å². The highest BCUT2D eigenvalue weighted by Gasteiger charge is 2.23. The number of nitrogens with zero attached hydrogens (tertiary/aromatic N) is 4. The molecule has 0 atom stereocenters. The number of aromatic nitrogens is 1. The minimum absolute atomic E-state index is 0.0825. The van der Waals surface area contributed by atoms with E-state index in [4.69, 9.17) is 22.2 Å². The molecule has 6 N–H and O–H groups in total. The highest BCUT2D eigenvalue weighted by atomic mass is 32.1. The predicted molar refractivity (Wildman–Crippen MR) is 142 cm³/mol. The van der Waals surface area contributed by atoms with Gasteiger partial charge in [-0.05, 0) is 56.2 Å². The van der Waals surface area contributed by atoms with Crippen molar-refractivity contribution in [1.29, 1.82) is 0 Å². The number of nitrogen functional groups attached to an aromatic ring is 1. The summed E-state index contributed by atoms with van der Waals surface area (Å²) in [7, 11) is 3.84. The van der Waals surface area contributed by atoms with Crippen LogP contribution >= 0.6 is 11.3 Å². The molecule has 188 valence electrons. The van der Waals surface area contributed by atoms with Crippen molar-refractivity contribution in [3.8, 4) is 16.2 Å². The second-order valence-electron chi connectivity index (χ2n) is 8.34. The van der Waals surface area contributed by atoms with E-state index in [0.29, 0.717) is 6.42 Å². The van der Waals surface area contributed by atoms with Crippen LogP contribution in [0.15, 0.2) is 59.8 Å². The molecule has 0 saturated heterocycles. The zero-order chi connectivity index (χ0) is 25.8. The van der Waals surface area contributed by atoms with Crippen molar-refractivity contribution in [2.75, 3.05) is 38.0 Å².